The second kappa shape index (κ2) is 2.67. The predicted molar refractivity (Wildman–Crippen MR) is 52.8 cm³/mol. The van der Waals surface area contributed by atoms with E-state index >= 15 is 0 Å². The van der Waals surface area contributed by atoms with Crippen LogP contribution in [0.3, 0.4) is 0 Å². The summed E-state index contributed by atoms with van der Waals surface area (Å²) in [6.07, 6.45) is 2.33. The SMILES string of the molecule is CC1=Cc2ccccc2[CH]1[SnH3]. The van der Waals surface area contributed by atoms with Crippen LogP contribution in [0.1, 0.15) is 22.0 Å². The van der Waals surface area contributed by atoms with Crippen molar-refractivity contribution in [3.05, 3.63) is 41.0 Å². The van der Waals surface area contributed by atoms with E-state index in [9.17, 15) is 0 Å². The summed E-state index contributed by atoms with van der Waals surface area (Å²) in [5.74, 6) is 0. The van der Waals surface area contributed by atoms with Crippen LogP contribution in [0.2, 0.25) is 0 Å². The Hall–Kier alpha value is -0.241. The fraction of sp³-hybridized carbons (Fsp3) is 0.200. The molecule has 0 amide bonds. The van der Waals surface area contributed by atoms with E-state index in [2.05, 4.69) is 37.3 Å². The minimum absolute atomic E-state index is 0.724. The molecular weight excluding hydrogens is 239 g/mol. The molecule has 1 heteroatoms. The van der Waals surface area contributed by atoms with E-state index in [0.29, 0.717) is 0 Å². The summed E-state index contributed by atoms with van der Waals surface area (Å²) in [4.78, 5) is 0. The van der Waals surface area contributed by atoms with Gasteiger partial charge in [0.05, 0.1) is 0 Å². The molecule has 0 saturated carbocycles. The number of fused-ring (bicyclic) bond motifs is 1. The van der Waals surface area contributed by atoms with E-state index < -0.39 is 0 Å². The van der Waals surface area contributed by atoms with Gasteiger partial charge in [0.25, 0.3) is 0 Å². The Morgan fingerprint density at radius 3 is 2.73 bits per heavy atom. The summed E-state index contributed by atoms with van der Waals surface area (Å²) in [5, 5.41) is 0. The summed E-state index contributed by atoms with van der Waals surface area (Å²) in [6.45, 7) is 2.25. The van der Waals surface area contributed by atoms with Crippen LogP contribution >= 0.6 is 0 Å². The molecule has 56 valence electrons. The van der Waals surface area contributed by atoms with Crippen molar-refractivity contribution in [3.63, 3.8) is 0 Å². The van der Waals surface area contributed by atoms with Gasteiger partial charge >= 0.3 is 80.4 Å². The van der Waals surface area contributed by atoms with Crippen LogP contribution < -0.4 is 0 Å². The van der Waals surface area contributed by atoms with E-state index in [0.717, 1.165) is 26.5 Å². The first-order chi connectivity index (χ1) is 5.29. The van der Waals surface area contributed by atoms with Crippen LogP contribution in [0.15, 0.2) is 29.8 Å². The van der Waals surface area contributed by atoms with Crippen molar-refractivity contribution in [2.24, 2.45) is 0 Å². The van der Waals surface area contributed by atoms with Crippen LogP contribution in [0.5, 0.6) is 0 Å². The van der Waals surface area contributed by atoms with Crippen molar-refractivity contribution in [3.8, 4) is 0 Å². The molecule has 0 radical (unpaired) electrons. The van der Waals surface area contributed by atoms with Crippen LogP contribution in [0.4, 0.5) is 0 Å². The second-order valence-electron chi connectivity index (χ2n) is 3.24. The van der Waals surface area contributed by atoms with E-state index in [1.165, 1.54) is 5.56 Å². The molecule has 1 aliphatic carbocycles. The van der Waals surface area contributed by atoms with Gasteiger partial charge in [-0.25, -0.2) is 0 Å². The van der Waals surface area contributed by atoms with Crippen molar-refractivity contribution >= 4 is 28.6 Å². The predicted octanol–water partition coefficient (Wildman–Crippen LogP) is 1.51. The summed E-state index contributed by atoms with van der Waals surface area (Å²) in [7, 11) is 0. The summed E-state index contributed by atoms with van der Waals surface area (Å²) < 4.78 is 0.841. The van der Waals surface area contributed by atoms with E-state index in [1.54, 1.807) is 11.1 Å². The van der Waals surface area contributed by atoms with Gasteiger partial charge in [-0.1, -0.05) is 0 Å². The molecule has 1 unspecified atom stereocenters. The van der Waals surface area contributed by atoms with Crippen LogP contribution in [-0.2, 0) is 0 Å². The van der Waals surface area contributed by atoms with Crippen molar-refractivity contribution in [2.45, 2.75) is 10.9 Å². The van der Waals surface area contributed by atoms with Gasteiger partial charge in [-0.15, -0.1) is 0 Å². The molecule has 11 heavy (non-hydrogen) atoms. The van der Waals surface area contributed by atoms with Gasteiger partial charge in [-0.3, -0.25) is 0 Å². The first-order valence-corrected chi connectivity index (χ1v) is 7.36. The molecule has 0 aromatic heterocycles. The van der Waals surface area contributed by atoms with Gasteiger partial charge in [0.15, 0.2) is 0 Å². The summed E-state index contributed by atoms with van der Waals surface area (Å²) in [6, 6.07) is 8.75. The quantitative estimate of drug-likeness (QED) is 0.613. The minimum atomic E-state index is 0.724. The van der Waals surface area contributed by atoms with Crippen molar-refractivity contribution in [1.82, 2.24) is 0 Å². The van der Waals surface area contributed by atoms with Crippen LogP contribution in [0.25, 0.3) is 6.08 Å². The Morgan fingerprint density at radius 1 is 1.27 bits per heavy atom. The number of allylic oxidation sites excluding steroid dienone is 1. The number of rotatable bonds is 0. The molecular formula is C10H12Sn. The van der Waals surface area contributed by atoms with Gasteiger partial charge in [0, 0.05) is 0 Å². The molecule has 0 saturated heterocycles. The zero-order chi connectivity index (χ0) is 7.84. The molecule has 0 spiro atoms. The monoisotopic (exact) mass is 252 g/mol. The second-order valence-corrected chi connectivity index (χ2v) is 6.53. The maximum atomic E-state index is 2.33. The molecule has 1 atom stereocenters. The average Bonchev–Trinajstić information content (AvgIpc) is 2.30. The molecule has 0 N–H and O–H groups in total. The molecule has 1 aliphatic rings. The first-order valence-electron chi connectivity index (χ1n) is 4.06. The molecule has 2 rings (SSSR count). The maximum absolute atomic E-state index is 2.33. The van der Waals surface area contributed by atoms with Gasteiger partial charge < -0.3 is 0 Å². The third-order valence-electron chi connectivity index (χ3n) is 2.53. The third-order valence-corrected chi connectivity index (χ3v) is 6.90. The molecule has 0 aliphatic heterocycles. The van der Waals surface area contributed by atoms with Crippen molar-refractivity contribution in [2.75, 3.05) is 0 Å². The standard InChI is InChI=1S/C10H9.Sn.3H/c1-8-6-9-4-2-3-5-10(9)7-8;;;;/h2-7H,1H3;;;;. The Morgan fingerprint density at radius 2 is 2.00 bits per heavy atom. The Balaban J connectivity index is 2.58. The molecule has 0 fully saturated rings. The number of hydrogen-bond donors (Lipinski definition) is 0. The number of benzene rings is 1. The zero-order valence-electron chi connectivity index (χ0n) is 6.96. The zero-order valence-corrected chi connectivity index (χ0v) is 12.7. The fourth-order valence-corrected chi connectivity index (χ4v) is 3.63. The van der Waals surface area contributed by atoms with E-state index in [-0.39, 0.29) is 0 Å². The van der Waals surface area contributed by atoms with Gasteiger partial charge in [0.1, 0.15) is 0 Å². The van der Waals surface area contributed by atoms with Gasteiger partial charge in [-0.05, 0) is 0 Å². The fourth-order valence-electron chi connectivity index (χ4n) is 1.65. The van der Waals surface area contributed by atoms with Crippen LogP contribution in [-0.4, -0.2) is 22.5 Å². The van der Waals surface area contributed by atoms with Crippen LogP contribution in [0, 0.1) is 0 Å². The first kappa shape index (κ1) is 7.41. The Kier molecular flexibility index (Phi) is 1.80. The third kappa shape index (κ3) is 1.13. The summed E-state index contributed by atoms with van der Waals surface area (Å²) >= 11 is 0.724. The normalized spacial score (nSPS) is 21.5. The molecule has 0 nitrogen and oxygen atoms in total. The molecule has 0 bridgehead atoms. The van der Waals surface area contributed by atoms with Gasteiger partial charge in [0.2, 0.25) is 0 Å². The molecule has 0 heterocycles. The van der Waals surface area contributed by atoms with E-state index in [4.69, 9.17) is 0 Å². The Bertz CT molecular complexity index is 312. The van der Waals surface area contributed by atoms with Gasteiger partial charge in [-0.2, -0.15) is 0 Å². The topological polar surface area (TPSA) is 0 Å². The average molecular weight is 251 g/mol. The van der Waals surface area contributed by atoms with Crippen molar-refractivity contribution in [1.29, 1.82) is 0 Å². The van der Waals surface area contributed by atoms with E-state index in [1.807, 2.05) is 0 Å². The Labute approximate surface area is 80.4 Å². The molecule has 1 aromatic rings. The molecule has 1 aromatic carbocycles. The summed E-state index contributed by atoms with van der Waals surface area (Å²) in [5.41, 5.74) is 4.59. The van der Waals surface area contributed by atoms with Crippen molar-refractivity contribution < 1.29 is 0 Å². The number of hydrogen-bond acceptors (Lipinski definition) is 0.